The normalized spacial score (nSPS) is 16.5. The monoisotopic (exact) mass is 698 g/mol. The second-order valence-electron chi connectivity index (χ2n) is 11.2. The number of halogens is 3. The Kier molecular flexibility index (Phi) is 10.3. The van der Waals surface area contributed by atoms with Gasteiger partial charge in [0, 0.05) is 32.1 Å². The fraction of sp³-hybridized carbons (Fsp3) is 0.324. The molecule has 46 heavy (non-hydrogen) atoms. The van der Waals surface area contributed by atoms with Gasteiger partial charge in [0.1, 0.15) is 18.8 Å². The lowest BCUT2D eigenvalue weighted by molar-refractivity contribution is -0.146. The van der Waals surface area contributed by atoms with Gasteiger partial charge < -0.3 is 19.5 Å². The van der Waals surface area contributed by atoms with Crippen molar-refractivity contribution in [3.05, 3.63) is 104 Å². The van der Waals surface area contributed by atoms with Crippen LogP contribution in [0.25, 0.3) is 0 Å². The summed E-state index contributed by atoms with van der Waals surface area (Å²) in [6.45, 7) is 2.01. The van der Waals surface area contributed by atoms with Crippen molar-refractivity contribution in [2.75, 3.05) is 12.4 Å². The van der Waals surface area contributed by atoms with Gasteiger partial charge in [-0.25, -0.2) is 9.48 Å². The summed E-state index contributed by atoms with van der Waals surface area (Å²) in [5.41, 5.74) is 3.53. The zero-order chi connectivity index (χ0) is 32.2. The molecule has 3 aromatic carbocycles. The number of hydrogen-bond donors (Lipinski definition) is 1. The first-order chi connectivity index (χ1) is 22.3. The Morgan fingerprint density at radius 3 is 2.46 bits per heavy atom. The van der Waals surface area contributed by atoms with Crippen LogP contribution >= 0.6 is 46.6 Å². The van der Waals surface area contributed by atoms with Gasteiger partial charge >= 0.3 is 5.97 Å². The summed E-state index contributed by atoms with van der Waals surface area (Å²) in [7, 11) is 1.57. The zero-order valence-corrected chi connectivity index (χ0v) is 28.5. The SMILES string of the molecule is COc1cc(C2C(C(=O)OC3CCCCC3)=C(C)Nc3nc(SCc4ccccc4Cl)nn32)ccc1OCc1c(Cl)cccc1Cl. The second kappa shape index (κ2) is 14.6. The molecule has 2 heterocycles. The summed E-state index contributed by atoms with van der Waals surface area (Å²) in [6.07, 6.45) is 4.88. The number of ether oxygens (including phenoxy) is 3. The van der Waals surface area contributed by atoms with E-state index < -0.39 is 6.04 Å². The van der Waals surface area contributed by atoms with E-state index in [4.69, 9.17) is 59.1 Å². The molecule has 0 saturated heterocycles. The average Bonchev–Trinajstić information content (AvgIpc) is 3.46. The van der Waals surface area contributed by atoms with Crippen LogP contribution in [0.3, 0.4) is 0 Å². The summed E-state index contributed by atoms with van der Waals surface area (Å²) in [4.78, 5) is 18.7. The van der Waals surface area contributed by atoms with E-state index in [9.17, 15) is 4.79 Å². The van der Waals surface area contributed by atoms with Crippen molar-refractivity contribution in [3.63, 3.8) is 0 Å². The van der Waals surface area contributed by atoms with Gasteiger partial charge in [-0.3, -0.25) is 0 Å². The topological polar surface area (TPSA) is 87.5 Å². The minimum atomic E-state index is -0.629. The number of esters is 1. The first kappa shape index (κ1) is 32.6. The van der Waals surface area contributed by atoms with Crippen molar-refractivity contribution in [1.82, 2.24) is 14.8 Å². The van der Waals surface area contributed by atoms with E-state index in [2.05, 4.69) is 5.32 Å². The number of nitrogens with zero attached hydrogens (tertiary/aromatic N) is 3. The van der Waals surface area contributed by atoms with E-state index in [1.807, 2.05) is 49.4 Å². The molecule has 1 aromatic heterocycles. The summed E-state index contributed by atoms with van der Waals surface area (Å²) in [5, 5.41) is 10.4. The van der Waals surface area contributed by atoms with Crippen LogP contribution in [-0.2, 0) is 21.9 Å². The molecule has 0 radical (unpaired) electrons. The third-order valence-corrected chi connectivity index (χ3v) is 10.1. The summed E-state index contributed by atoms with van der Waals surface area (Å²) in [5.74, 6) is 1.71. The molecule has 1 saturated carbocycles. The molecule has 8 nitrogen and oxygen atoms in total. The molecule has 2 aliphatic rings. The maximum Gasteiger partial charge on any atom is 0.338 e. The van der Waals surface area contributed by atoms with Gasteiger partial charge in [0.05, 0.1) is 12.7 Å². The lowest BCUT2D eigenvalue weighted by atomic mass is 9.94. The van der Waals surface area contributed by atoms with Crippen molar-refractivity contribution in [1.29, 1.82) is 0 Å². The number of thioether (sulfide) groups is 1. The largest absolute Gasteiger partial charge is 0.493 e. The van der Waals surface area contributed by atoms with Crippen LogP contribution in [0.15, 0.2) is 77.1 Å². The Labute approximate surface area is 287 Å². The number of fused-ring (bicyclic) bond motifs is 1. The highest BCUT2D eigenvalue weighted by Crippen LogP contribution is 2.41. The molecule has 0 amide bonds. The smallest absolute Gasteiger partial charge is 0.338 e. The number of carbonyl (C=O) groups excluding carboxylic acids is 1. The van der Waals surface area contributed by atoms with Crippen molar-refractivity contribution in [2.24, 2.45) is 0 Å². The van der Waals surface area contributed by atoms with Crippen molar-refractivity contribution in [2.45, 2.75) is 68.7 Å². The molecule has 240 valence electrons. The van der Waals surface area contributed by atoms with Crippen LogP contribution < -0.4 is 14.8 Å². The number of anilines is 1. The van der Waals surface area contributed by atoms with E-state index in [0.717, 1.165) is 43.2 Å². The number of benzene rings is 3. The lowest BCUT2D eigenvalue weighted by Crippen LogP contribution is -2.32. The van der Waals surface area contributed by atoms with Crippen molar-refractivity contribution >= 4 is 58.5 Å². The van der Waals surface area contributed by atoms with Gasteiger partial charge in [0.2, 0.25) is 11.1 Å². The van der Waals surface area contributed by atoms with Gasteiger partial charge in [0.15, 0.2) is 11.5 Å². The number of carbonyl (C=O) groups is 1. The zero-order valence-electron chi connectivity index (χ0n) is 25.4. The number of rotatable bonds is 10. The quantitative estimate of drug-likeness (QED) is 0.130. The van der Waals surface area contributed by atoms with Crippen LogP contribution in [0, 0.1) is 0 Å². The predicted molar refractivity (Wildman–Crippen MR) is 182 cm³/mol. The molecule has 1 fully saturated rings. The Bertz CT molecular complexity index is 1750. The van der Waals surface area contributed by atoms with Gasteiger partial charge in [-0.2, -0.15) is 4.98 Å². The van der Waals surface area contributed by atoms with Crippen LogP contribution in [0.2, 0.25) is 15.1 Å². The number of methoxy groups -OCH3 is 1. The van der Waals surface area contributed by atoms with Gasteiger partial charge in [-0.15, -0.1) is 5.10 Å². The van der Waals surface area contributed by atoms with Crippen LogP contribution in [0.1, 0.15) is 61.8 Å². The summed E-state index contributed by atoms with van der Waals surface area (Å²) < 4.78 is 19.7. The number of hydrogen-bond acceptors (Lipinski definition) is 8. The molecular formula is C34H33Cl3N4O4S. The number of nitrogens with one attached hydrogen (secondary N) is 1. The van der Waals surface area contributed by atoms with Crippen LogP contribution in [0.4, 0.5) is 5.95 Å². The average molecular weight is 700 g/mol. The molecule has 4 aromatic rings. The Hall–Kier alpha value is -3.37. The molecule has 1 aliphatic carbocycles. The lowest BCUT2D eigenvalue weighted by Gasteiger charge is -2.30. The standard InChI is InChI=1S/C34H33Cl3N4O4S/c1-20-30(32(42)45-23-10-4-3-5-11-23)31(41-33(38-20)39-34(40-41)46-19-22-9-6-7-12-25(22)35)21-15-16-28(29(17-21)43-2)44-18-24-26(36)13-8-14-27(24)37/h6-9,12-17,23,31H,3-5,10-11,18-19H2,1-2H3,(H,38,39,40). The van der Waals surface area contributed by atoms with E-state index in [0.29, 0.717) is 60.3 Å². The Morgan fingerprint density at radius 1 is 0.978 bits per heavy atom. The maximum atomic E-state index is 13.9. The Balaban J connectivity index is 1.33. The highest BCUT2D eigenvalue weighted by molar-refractivity contribution is 7.98. The first-order valence-corrected chi connectivity index (χ1v) is 17.2. The number of aromatic nitrogens is 3. The van der Waals surface area contributed by atoms with E-state index in [1.165, 1.54) is 11.8 Å². The molecule has 6 rings (SSSR count). The third-order valence-electron chi connectivity index (χ3n) is 8.13. The molecular weight excluding hydrogens is 667 g/mol. The van der Waals surface area contributed by atoms with Gasteiger partial charge in [-0.1, -0.05) is 83.3 Å². The van der Waals surface area contributed by atoms with Crippen molar-refractivity contribution in [3.8, 4) is 11.5 Å². The summed E-state index contributed by atoms with van der Waals surface area (Å²) in [6, 6.07) is 17.9. The van der Waals surface area contributed by atoms with Crippen molar-refractivity contribution < 1.29 is 19.0 Å². The minimum Gasteiger partial charge on any atom is -0.493 e. The minimum absolute atomic E-state index is 0.108. The highest BCUT2D eigenvalue weighted by Gasteiger charge is 2.37. The predicted octanol–water partition coefficient (Wildman–Crippen LogP) is 9.28. The fourth-order valence-electron chi connectivity index (χ4n) is 5.71. The van der Waals surface area contributed by atoms with Crippen LogP contribution in [0.5, 0.6) is 11.5 Å². The molecule has 1 N–H and O–H groups in total. The maximum absolute atomic E-state index is 13.9. The second-order valence-corrected chi connectivity index (χ2v) is 13.3. The third kappa shape index (κ3) is 7.13. The van der Waals surface area contributed by atoms with E-state index in [1.54, 1.807) is 30.0 Å². The fourth-order valence-corrected chi connectivity index (χ4v) is 7.34. The molecule has 0 bridgehead atoms. The Morgan fingerprint density at radius 2 is 1.72 bits per heavy atom. The highest BCUT2D eigenvalue weighted by atomic mass is 35.5. The van der Waals surface area contributed by atoms with Crippen LogP contribution in [-0.4, -0.2) is 33.9 Å². The molecule has 1 aliphatic heterocycles. The van der Waals surface area contributed by atoms with E-state index >= 15 is 0 Å². The summed E-state index contributed by atoms with van der Waals surface area (Å²) >= 11 is 20.6. The number of allylic oxidation sites excluding steroid dienone is 1. The van der Waals surface area contributed by atoms with Gasteiger partial charge in [0.25, 0.3) is 0 Å². The first-order valence-electron chi connectivity index (χ1n) is 15.1. The van der Waals surface area contributed by atoms with E-state index in [-0.39, 0.29) is 18.7 Å². The molecule has 12 heteroatoms. The molecule has 1 atom stereocenters. The van der Waals surface area contributed by atoms with Gasteiger partial charge in [-0.05, 0) is 74.1 Å². The molecule has 1 unspecified atom stereocenters. The molecule has 0 spiro atoms.